The number of hydrogen-bond acceptors (Lipinski definition) is 6. The van der Waals surface area contributed by atoms with E-state index in [2.05, 4.69) is 20.2 Å². The smallest absolute Gasteiger partial charge is 0.322 e. The molecule has 1 aromatic carbocycles. The molecule has 0 spiro atoms. The van der Waals surface area contributed by atoms with Crippen LogP contribution in [0.3, 0.4) is 0 Å². The third kappa shape index (κ3) is 3.20. The van der Waals surface area contributed by atoms with Gasteiger partial charge in [-0.2, -0.15) is 4.39 Å². The molecule has 0 aliphatic carbocycles. The number of aromatic nitrogens is 4. The summed E-state index contributed by atoms with van der Waals surface area (Å²) in [4.78, 5) is 7.88. The van der Waals surface area contributed by atoms with Gasteiger partial charge in [0.1, 0.15) is 0 Å². The van der Waals surface area contributed by atoms with E-state index in [4.69, 9.17) is 9.47 Å². The van der Waals surface area contributed by atoms with Gasteiger partial charge < -0.3 is 9.47 Å². The number of ether oxygens (including phenoxy) is 2. The van der Waals surface area contributed by atoms with Gasteiger partial charge in [0.05, 0.1) is 12.8 Å². The Hall–Kier alpha value is -3.16. The first-order valence-corrected chi connectivity index (χ1v) is 6.49. The van der Waals surface area contributed by atoms with Gasteiger partial charge in [-0.25, -0.2) is 14.4 Å². The summed E-state index contributed by atoms with van der Waals surface area (Å²) >= 11 is 0. The molecular weight excluding hydrogens is 306 g/mol. The Bertz CT molecular complexity index is 811. The summed E-state index contributed by atoms with van der Waals surface area (Å²) < 4.78 is 36.7. The van der Waals surface area contributed by atoms with Gasteiger partial charge in [-0.15, -0.1) is 10.2 Å². The van der Waals surface area contributed by atoms with E-state index in [1.807, 2.05) is 0 Å². The molecule has 2 heterocycles. The Morgan fingerprint density at radius 3 is 2.39 bits per heavy atom. The second-order valence-electron chi connectivity index (χ2n) is 4.37. The molecule has 0 N–H and O–H groups in total. The van der Waals surface area contributed by atoms with E-state index in [9.17, 15) is 8.78 Å². The van der Waals surface area contributed by atoms with Crippen molar-refractivity contribution in [2.45, 2.75) is 0 Å². The van der Waals surface area contributed by atoms with Crippen molar-refractivity contribution in [2.75, 3.05) is 7.11 Å². The SMILES string of the molecule is COc1ccc(-c2cnc(Oc3cccc(F)c3F)nc2)nn1. The van der Waals surface area contributed by atoms with Crippen LogP contribution >= 0.6 is 0 Å². The van der Waals surface area contributed by atoms with Gasteiger partial charge in [0.15, 0.2) is 11.6 Å². The standard InChI is InChI=1S/C15H10F2N4O2/c1-22-13-6-5-11(20-21-13)9-7-18-15(19-8-9)23-12-4-2-3-10(16)14(12)17/h2-8H,1H3. The van der Waals surface area contributed by atoms with E-state index in [-0.39, 0.29) is 11.8 Å². The van der Waals surface area contributed by atoms with Gasteiger partial charge in [0.2, 0.25) is 11.7 Å². The lowest BCUT2D eigenvalue weighted by Gasteiger charge is -2.06. The number of rotatable bonds is 4. The maximum Gasteiger partial charge on any atom is 0.322 e. The molecule has 0 saturated heterocycles. The summed E-state index contributed by atoms with van der Waals surface area (Å²) in [6.07, 6.45) is 2.88. The average Bonchev–Trinajstić information content (AvgIpc) is 2.60. The molecule has 0 unspecified atom stereocenters. The van der Waals surface area contributed by atoms with Crippen molar-refractivity contribution in [2.24, 2.45) is 0 Å². The Morgan fingerprint density at radius 1 is 0.957 bits per heavy atom. The maximum absolute atomic E-state index is 13.5. The Morgan fingerprint density at radius 2 is 1.74 bits per heavy atom. The van der Waals surface area contributed by atoms with Crippen LogP contribution in [0.15, 0.2) is 42.7 Å². The predicted molar refractivity (Wildman–Crippen MR) is 76.0 cm³/mol. The molecule has 0 aliphatic heterocycles. The minimum absolute atomic E-state index is 0.111. The molecular formula is C15H10F2N4O2. The second kappa shape index (κ2) is 6.30. The number of nitrogens with zero attached hydrogens (tertiary/aromatic N) is 4. The van der Waals surface area contributed by atoms with Gasteiger partial charge in [0.25, 0.3) is 0 Å². The fourth-order valence-corrected chi connectivity index (χ4v) is 1.75. The molecule has 0 saturated carbocycles. The van der Waals surface area contributed by atoms with E-state index in [1.54, 1.807) is 12.1 Å². The molecule has 0 bridgehead atoms. The second-order valence-corrected chi connectivity index (χ2v) is 4.37. The van der Waals surface area contributed by atoms with Crippen molar-refractivity contribution in [1.82, 2.24) is 20.2 Å². The third-order valence-corrected chi connectivity index (χ3v) is 2.89. The lowest BCUT2D eigenvalue weighted by atomic mass is 10.2. The minimum atomic E-state index is -1.10. The summed E-state index contributed by atoms with van der Waals surface area (Å²) in [5, 5.41) is 7.79. The van der Waals surface area contributed by atoms with Crippen molar-refractivity contribution in [1.29, 1.82) is 0 Å². The van der Waals surface area contributed by atoms with E-state index in [0.29, 0.717) is 17.1 Å². The molecule has 2 aromatic heterocycles. The van der Waals surface area contributed by atoms with Gasteiger partial charge in [-0.1, -0.05) is 6.07 Å². The van der Waals surface area contributed by atoms with Crippen LogP contribution in [0.4, 0.5) is 8.78 Å². The molecule has 0 fully saturated rings. The fraction of sp³-hybridized carbons (Fsp3) is 0.0667. The maximum atomic E-state index is 13.5. The van der Waals surface area contributed by atoms with Crippen LogP contribution in [0.5, 0.6) is 17.6 Å². The van der Waals surface area contributed by atoms with Crippen LogP contribution < -0.4 is 9.47 Å². The predicted octanol–water partition coefficient (Wildman–Crippen LogP) is 3.01. The average molecular weight is 316 g/mol. The normalized spacial score (nSPS) is 10.4. The van der Waals surface area contributed by atoms with E-state index >= 15 is 0 Å². The largest absolute Gasteiger partial charge is 0.480 e. The van der Waals surface area contributed by atoms with Crippen molar-refractivity contribution in [3.8, 4) is 28.9 Å². The number of halogens is 2. The quantitative estimate of drug-likeness (QED) is 0.737. The molecule has 6 nitrogen and oxygen atoms in total. The first-order chi connectivity index (χ1) is 11.2. The molecule has 116 valence electrons. The van der Waals surface area contributed by atoms with Crippen molar-refractivity contribution in [3.63, 3.8) is 0 Å². The molecule has 3 aromatic rings. The number of hydrogen-bond donors (Lipinski definition) is 0. The van der Waals surface area contributed by atoms with Crippen LogP contribution in [-0.2, 0) is 0 Å². The first kappa shape index (κ1) is 14.8. The van der Waals surface area contributed by atoms with Crippen LogP contribution in [0.1, 0.15) is 0 Å². The molecule has 0 radical (unpaired) electrons. The molecule has 0 amide bonds. The van der Waals surface area contributed by atoms with Crippen LogP contribution in [0.25, 0.3) is 11.3 Å². The van der Waals surface area contributed by atoms with Crippen molar-refractivity contribution >= 4 is 0 Å². The zero-order chi connectivity index (χ0) is 16.2. The number of benzene rings is 1. The van der Waals surface area contributed by atoms with Crippen LogP contribution in [0, 0.1) is 11.6 Å². The summed E-state index contributed by atoms with van der Waals surface area (Å²) in [6, 6.07) is 6.83. The van der Waals surface area contributed by atoms with Crippen molar-refractivity contribution in [3.05, 3.63) is 54.4 Å². The summed E-state index contributed by atoms with van der Waals surface area (Å²) in [5.41, 5.74) is 1.13. The van der Waals surface area contributed by atoms with Crippen molar-refractivity contribution < 1.29 is 18.3 Å². The third-order valence-electron chi connectivity index (χ3n) is 2.89. The van der Waals surface area contributed by atoms with E-state index in [0.717, 1.165) is 6.07 Å². The molecule has 23 heavy (non-hydrogen) atoms. The molecule has 0 atom stereocenters. The first-order valence-electron chi connectivity index (χ1n) is 6.49. The van der Waals surface area contributed by atoms with E-state index in [1.165, 1.54) is 31.6 Å². The van der Waals surface area contributed by atoms with Gasteiger partial charge in [-0.3, -0.25) is 0 Å². The monoisotopic (exact) mass is 316 g/mol. The molecule has 8 heteroatoms. The Labute approximate surface area is 129 Å². The summed E-state index contributed by atoms with van der Waals surface area (Å²) in [7, 11) is 1.49. The lowest BCUT2D eigenvalue weighted by molar-refractivity contribution is 0.391. The highest BCUT2D eigenvalue weighted by Gasteiger charge is 2.11. The highest BCUT2D eigenvalue weighted by atomic mass is 19.2. The minimum Gasteiger partial charge on any atom is -0.480 e. The highest BCUT2D eigenvalue weighted by molar-refractivity contribution is 5.56. The zero-order valence-electron chi connectivity index (χ0n) is 11.9. The topological polar surface area (TPSA) is 70.0 Å². The Kier molecular flexibility index (Phi) is 4.05. The van der Waals surface area contributed by atoms with Gasteiger partial charge in [0, 0.05) is 24.0 Å². The lowest BCUT2D eigenvalue weighted by Crippen LogP contribution is -1.97. The number of methoxy groups -OCH3 is 1. The zero-order valence-corrected chi connectivity index (χ0v) is 11.9. The Balaban J connectivity index is 1.80. The summed E-state index contributed by atoms with van der Waals surface area (Å²) in [5.74, 6) is -2.01. The molecule has 0 aliphatic rings. The fourth-order valence-electron chi connectivity index (χ4n) is 1.75. The van der Waals surface area contributed by atoms with Gasteiger partial charge in [-0.05, 0) is 18.2 Å². The molecule has 3 rings (SSSR count). The van der Waals surface area contributed by atoms with Gasteiger partial charge >= 0.3 is 6.01 Å². The van der Waals surface area contributed by atoms with Crippen LogP contribution in [-0.4, -0.2) is 27.3 Å². The van der Waals surface area contributed by atoms with E-state index < -0.39 is 11.6 Å². The highest BCUT2D eigenvalue weighted by Crippen LogP contribution is 2.24. The summed E-state index contributed by atoms with van der Waals surface area (Å²) in [6.45, 7) is 0. The van der Waals surface area contributed by atoms with Crippen LogP contribution in [0.2, 0.25) is 0 Å².